The first-order chi connectivity index (χ1) is 9.31. The Kier molecular flexibility index (Phi) is 4.85. The number of aryl methyl sites for hydroxylation is 1. The van der Waals surface area contributed by atoms with Crippen molar-refractivity contribution in [2.24, 2.45) is 5.92 Å². The Morgan fingerprint density at radius 1 is 1.11 bits per heavy atom. The summed E-state index contributed by atoms with van der Waals surface area (Å²) in [6.07, 6.45) is 4.40. The van der Waals surface area contributed by atoms with Crippen LogP contribution in [0.15, 0.2) is 54.7 Å². The number of benzene rings is 1. The molecule has 0 amide bonds. The fourth-order valence-electron chi connectivity index (χ4n) is 2.23. The van der Waals surface area contributed by atoms with E-state index in [9.17, 15) is 4.79 Å². The number of pyridine rings is 1. The van der Waals surface area contributed by atoms with E-state index in [0.29, 0.717) is 0 Å². The lowest BCUT2D eigenvalue weighted by Gasteiger charge is -2.13. The summed E-state index contributed by atoms with van der Waals surface area (Å²) < 4.78 is 0. The molecule has 98 valence electrons. The molecule has 2 heteroatoms. The molecular weight excluding hydrogens is 234 g/mol. The summed E-state index contributed by atoms with van der Waals surface area (Å²) in [5, 5.41) is 0. The summed E-state index contributed by atoms with van der Waals surface area (Å²) in [6.45, 7) is 2.07. The topological polar surface area (TPSA) is 30.0 Å². The molecule has 0 spiro atoms. The van der Waals surface area contributed by atoms with E-state index in [0.717, 1.165) is 30.5 Å². The van der Waals surface area contributed by atoms with Crippen LogP contribution < -0.4 is 0 Å². The van der Waals surface area contributed by atoms with E-state index in [4.69, 9.17) is 0 Å². The zero-order valence-electron chi connectivity index (χ0n) is 11.3. The minimum absolute atomic E-state index is 0.0874. The molecule has 19 heavy (non-hydrogen) atoms. The van der Waals surface area contributed by atoms with Crippen molar-refractivity contribution in [3.63, 3.8) is 0 Å². The number of hydrogen-bond acceptors (Lipinski definition) is 2. The van der Waals surface area contributed by atoms with Gasteiger partial charge in [-0.15, -0.1) is 0 Å². The summed E-state index contributed by atoms with van der Waals surface area (Å²) in [6, 6.07) is 15.5. The highest BCUT2D eigenvalue weighted by molar-refractivity contribution is 5.97. The van der Waals surface area contributed by atoms with Gasteiger partial charge in [0.05, 0.1) is 0 Å². The van der Waals surface area contributed by atoms with Gasteiger partial charge in [-0.3, -0.25) is 9.78 Å². The van der Waals surface area contributed by atoms with Crippen LogP contribution in [0.2, 0.25) is 0 Å². The fourth-order valence-corrected chi connectivity index (χ4v) is 2.23. The molecule has 2 aromatic rings. The van der Waals surface area contributed by atoms with Crippen LogP contribution in [0.4, 0.5) is 0 Å². The molecule has 0 radical (unpaired) electrons. The van der Waals surface area contributed by atoms with Crippen molar-refractivity contribution in [2.75, 3.05) is 0 Å². The number of rotatable bonds is 6. The van der Waals surface area contributed by atoms with Crippen LogP contribution in [-0.2, 0) is 6.42 Å². The second kappa shape index (κ2) is 6.83. The van der Waals surface area contributed by atoms with E-state index < -0.39 is 0 Å². The van der Waals surface area contributed by atoms with Crippen LogP contribution >= 0.6 is 0 Å². The molecule has 1 heterocycles. The summed E-state index contributed by atoms with van der Waals surface area (Å²) in [7, 11) is 0. The molecule has 0 unspecified atom stereocenters. The zero-order valence-corrected chi connectivity index (χ0v) is 11.3. The van der Waals surface area contributed by atoms with Crippen LogP contribution in [0.25, 0.3) is 0 Å². The zero-order chi connectivity index (χ0) is 13.5. The molecule has 0 bridgehead atoms. The Labute approximate surface area is 114 Å². The molecule has 0 saturated carbocycles. The molecule has 0 fully saturated rings. The summed E-state index contributed by atoms with van der Waals surface area (Å²) in [5.74, 6) is 0.337. The number of hydrogen-bond donors (Lipinski definition) is 0. The van der Waals surface area contributed by atoms with Gasteiger partial charge in [-0.1, -0.05) is 43.3 Å². The van der Waals surface area contributed by atoms with Crippen molar-refractivity contribution < 1.29 is 4.79 Å². The second-order valence-corrected chi connectivity index (χ2v) is 4.70. The Morgan fingerprint density at radius 2 is 1.84 bits per heavy atom. The summed E-state index contributed by atoms with van der Waals surface area (Å²) >= 11 is 0. The predicted octanol–water partition coefficient (Wildman–Crippen LogP) is 3.92. The van der Waals surface area contributed by atoms with Gasteiger partial charge in [0.15, 0.2) is 5.78 Å². The van der Waals surface area contributed by atoms with E-state index in [1.165, 1.54) is 0 Å². The van der Waals surface area contributed by atoms with Crippen LogP contribution in [0, 0.1) is 5.92 Å². The monoisotopic (exact) mass is 253 g/mol. The molecule has 2 rings (SSSR count). The number of Topliss-reactive ketones (excluding diaryl/α,β-unsaturated/α-hetero) is 1. The Bertz CT molecular complexity index is 507. The third-order valence-corrected chi connectivity index (χ3v) is 3.40. The van der Waals surface area contributed by atoms with Crippen molar-refractivity contribution in [3.8, 4) is 0 Å². The lowest BCUT2D eigenvalue weighted by molar-refractivity contribution is 0.0910. The highest BCUT2D eigenvalue weighted by Crippen LogP contribution is 2.18. The molecule has 0 aliphatic carbocycles. The quantitative estimate of drug-likeness (QED) is 0.730. The van der Waals surface area contributed by atoms with E-state index in [-0.39, 0.29) is 11.7 Å². The minimum atomic E-state index is 0.0874. The normalized spacial score (nSPS) is 12.1. The van der Waals surface area contributed by atoms with Gasteiger partial charge in [-0.25, -0.2) is 0 Å². The predicted molar refractivity (Wildman–Crippen MR) is 77.1 cm³/mol. The van der Waals surface area contributed by atoms with E-state index >= 15 is 0 Å². The van der Waals surface area contributed by atoms with Gasteiger partial charge >= 0.3 is 0 Å². The van der Waals surface area contributed by atoms with Crippen molar-refractivity contribution in [1.29, 1.82) is 0 Å². The second-order valence-electron chi connectivity index (χ2n) is 4.70. The van der Waals surface area contributed by atoms with E-state index in [1.54, 1.807) is 6.20 Å². The molecular formula is C17H19NO. The number of carbonyl (C=O) groups excluding carboxylic acids is 1. The van der Waals surface area contributed by atoms with Crippen LogP contribution in [0.3, 0.4) is 0 Å². The highest BCUT2D eigenvalue weighted by atomic mass is 16.1. The van der Waals surface area contributed by atoms with Crippen LogP contribution in [0.1, 0.15) is 35.8 Å². The SMILES string of the molecule is CC[C@H](CCc1ccccn1)C(=O)c1ccccc1. The maximum atomic E-state index is 12.4. The molecule has 1 atom stereocenters. The smallest absolute Gasteiger partial charge is 0.165 e. The lowest BCUT2D eigenvalue weighted by Crippen LogP contribution is -2.15. The van der Waals surface area contributed by atoms with Crippen molar-refractivity contribution in [1.82, 2.24) is 4.98 Å². The summed E-state index contributed by atoms with van der Waals surface area (Å²) in [5.41, 5.74) is 1.87. The van der Waals surface area contributed by atoms with Gasteiger partial charge in [0, 0.05) is 23.4 Å². The third kappa shape index (κ3) is 3.75. The van der Waals surface area contributed by atoms with Crippen molar-refractivity contribution in [3.05, 3.63) is 66.0 Å². The molecule has 2 nitrogen and oxygen atoms in total. The summed E-state index contributed by atoms with van der Waals surface area (Å²) in [4.78, 5) is 16.7. The molecule has 0 saturated heterocycles. The average molecular weight is 253 g/mol. The molecule has 0 N–H and O–H groups in total. The first-order valence-corrected chi connectivity index (χ1v) is 6.80. The fraction of sp³-hybridized carbons (Fsp3) is 0.294. The number of aromatic nitrogens is 1. The lowest BCUT2D eigenvalue weighted by atomic mass is 9.90. The van der Waals surface area contributed by atoms with E-state index in [1.807, 2.05) is 48.5 Å². The number of nitrogens with zero attached hydrogens (tertiary/aromatic N) is 1. The minimum Gasteiger partial charge on any atom is -0.294 e. The van der Waals surface area contributed by atoms with Gasteiger partial charge < -0.3 is 0 Å². The van der Waals surface area contributed by atoms with Crippen LogP contribution in [0.5, 0.6) is 0 Å². The van der Waals surface area contributed by atoms with Gasteiger partial charge in [0.1, 0.15) is 0 Å². The van der Waals surface area contributed by atoms with Crippen molar-refractivity contribution >= 4 is 5.78 Å². The number of ketones is 1. The maximum Gasteiger partial charge on any atom is 0.165 e. The maximum absolute atomic E-state index is 12.4. The van der Waals surface area contributed by atoms with Gasteiger partial charge in [-0.05, 0) is 31.4 Å². The standard InChI is InChI=1S/C17H19NO/c1-2-14(11-12-16-10-6-7-13-18-16)17(19)15-8-4-3-5-9-15/h3-10,13-14H,2,11-12H2,1H3/t14-/m1/s1. The Hall–Kier alpha value is -1.96. The van der Waals surface area contributed by atoms with E-state index in [2.05, 4.69) is 11.9 Å². The van der Waals surface area contributed by atoms with Crippen LogP contribution in [-0.4, -0.2) is 10.8 Å². The molecule has 1 aromatic carbocycles. The first-order valence-electron chi connectivity index (χ1n) is 6.80. The first kappa shape index (κ1) is 13.5. The van der Waals surface area contributed by atoms with Gasteiger partial charge in [0.25, 0.3) is 0 Å². The molecule has 1 aromatic heterocycles. The average Bonchev–Trinajstić information content (AvgIpc) is 2.49. The largest absolute Gasteiger partial charge is 0.294 e. The Morgan fingerprint density at radius 3 is 2.47 bits per heavy atom. The van der Waals surface area contributed by atoms with Gasteiger partial charge in [-0.2, -0.15) is 0 Å². The molecule has 0 aliphatic rings. The molecule has 0 aliphatic heterocycles. The Balaban J connectivity index is 1.99. The van der Waals surface area contributed by atoms with Crippen molar-refractivity contribution in [2.45, 2.75) is 26.2 Å². The third-order valence-electron chi connectivity index (χ3n) is 3.40. The number of carbonyl (C=O) groups is 1. The van der Waals surface area contributed by atoms with Gasteiger partial charge in [0.2, 0.25) is 0 Å². The highest BCUT2D eigenvalue weighted by Gasteiger charge is 2.17.